The zero-order valence-electron chi connectivity index (χ0n) is 14.0. The Kier molecular flexibility index (Phi) is 4.90. The number of nitrogens with zero attached hydrogens (tertiary/aromatic N) is 2. The van der Waals surface area contributed by atoms with Crippen LogP contribution in [0.25, 0.3) is 10.2 Å². The zero-order chi connectivity index (χ0) is 18.7. The van der Waals surface area contributed by atoms with Crippen molar-refractivity contribution in [1.82, 2.24) is 10.4 Å². The van der Waals surface area contributed by atoms with Crippen LogP contribution in [0.5, 0.6) is 17.2 Å². The van der Waals surface area contributed by atoms with Crippen LogP contribution < -0.4 is 20.6 Å². The average molecular weight is 372 g/mol. The van der Waals surface area contributed by atoms with Crippen LogP contribution in [0.1, 0.15) is 15.9 Å². The topological polar surface area (TPSA) is 119 Å². The summed E-state index contributed by atoms with van der Waals surface area (Å²) in [7, 11) is 2.86. The smallest absolute Gasteiger partial charge is 0.271 e. The number of nitrogen functional groups attached to an aromatic ring is 1. The number of aromatic hydroxyl groups is 1. The summed E-state index contributed by atoms with van der Waals surface area (Å²) in [5, 5.41) is 14.3. The van der Waals surface area contributed by atoms with Gasteiger partial charge in [-0.1, -0.05) is 11.3 Å². The van der Waals surface area contributed by atoms with E-state index in [4.69, 9.17) is 15.2 Å². The first-order valence-electron chi connectivity index (χ1n) is 7.46. The number of hydrogen-bond acceptors (Lipinski definition) is 8. The molecule has 0 atom stereocenters. The van der Waals surface area contributed by atoms with Crippen LogP contribution in [0, 0.1) is 0 Å². The van der Waals surface area contributed by atoms with E-state index in [1.54, 1.807) is 30.3 Å². The molecule has 4 N–H and O–H groups in total. The van der Waals surface area contributed by atoms with Crippen LogP contribution in [0.15, 0.2) is 35.4 Å². The number of hydrazone groups is 1. The Bertz CT molecular complexity index is 975. The number of carbonyl (C=O) groups is 1. The highest BCUT2D eigenvalue weighted by atomic mass is 32.1. The standard InChI is InChI=1S/C17H16N4O4S/c1-24-12-5-9(6-13(25-2)15(12)22)8-19-21-16(23)10-3-4-11-14(7-10)26-17(18)20-11/h3-8,22H,1-2H3,(H2,18,20)(H,21,23)/b19-8-. The molecule has 3 rings (SSSR count). The van der Waals surface area contributed by atoms with Crippen molar-refractivity contribution in [3.63, 3.8) is 0 Å². The van der Waals surface area contributed by atoms with Gasteiger partial charge in [-0.3, -0.25) is 4.79 Å². The third-order valence-corrected chi connectivity index (χ3v) is 4.40. The van der Waals surface area contributed by atoms with Gasteiger partial charge in [0, 0.05) is 11.1 Å². The molecular weight excluding hydrogens is 356 g/mol. The molecule has 0 fully saturated rings. The van der Waals surface area contributed by atoms with Crippen molar-refractivity contribution in [2.75, 3.05) is 20.0 Å². The van der Waals surface area contributed by atoms with Crippen molar-refractivity contribution in [3.8, 4) is 17.2 Å². The van der Waals surface area contributed by atoms with E-state index in [-0.39, 0.29) is 23.2 Å². The van der Waals surface area contributed by atoms with E-state index in [2.05, 4.69) is 15.5 Å². The van der Waals surface area contributed by atoms with E-state index >= 15 is 0 Å². The fourth-order valence-electron chi connectivity index (χ4n) is 2.30. The minimum absolute atomic E-state index is 0.103. The number of amides is 1. The number of phenols is 1. The second-order valence-corrected chi connectivity index (χ2v) is 6.27. The maximum Gasteiger partial charge on any atom is 0.271 e. The van der Waals surface area contributed by atoms with Gasteiger partial charge >= 0.3 is 0 Å². The Morgan fingerprint density at radius 1 is 1.27 bits per heavy atom. The number of ether oxygens (including phenoxy) is 2. The molecule has 0 aliphatic rings. The molecule has 1 aromatic heterocycles. The molecule has 2 aromatic carbocycles. The molecule has 0 saturated carbocycles. The van der Waals surface area contributed by atoms with Gasteiger partial charge in [0.15, 0.2) is 16.6 Å². The van der Waals surface area contributed by atoms with Gasteiger partial charge in [-0.05, 0) is 30.3 Å². The number of methoxy groups -OCH3 is 2. The fraction of sp³-hybridized carbons (Fsp3) is 0.118. The van der Waals surface area contributed by atoms with Crippen LogP contribution in [0.3, 0.4) is 0 Å². The van der Waals surface area contributed by atoms with Crippen molar-refractivity contribution in [2.24, 2.45) is 5.10 Å². The van der Waals surface area contributed by atoms with Crippen LogP contribution in [-0.2, 0) is 0 Å². The third kappa shape index (κ3) is 3.52. The van der Waals surface area contributed by atoms with Gasteiger partial charge in [0.2, 0.25) is 5.75 Å². The van der Waals surface area contributed by atoms with Gasteiger partial charge < -0.3 is 20.3 Å². The molecule has 3 aromatic rings. The first kappa shape index (κ1) is 17.5. The van der Waals surface area contributed by atoms with Crippen LogP contribution in [0.2, 0.25) is 0 Å². The van der Waals surface area contributed by atoms with Crippen molar-refractivity contribution < 1.29 is 19.4 Å². The number of benzene rings is 2. The highest BCUT2D eigenvalue weighted by molar-refractivity contribution is 7.22. The SMILES string of the molecule is COc1cc(/C=N\NC(=O)c2ccc3nc(N)sc3c2)cc(OC)c1O. The van der Waals surface area contributed by atoms with E-state index in [1.165, 1.54) is 31.8 Å². The molecule has 0 saturated heterocycles. The average Bonchev–Trinajstić information content (AvgIpc) is 3.01. The van der Waals surface area contributed by atoms with Gasteiger partial charge in [0.1, 0.15) is 0 Å². The molecule has 0 spiro atoms. The highest BCUT2D eigenvalue weighted by Crippen LogP contribution is 2.36. The number of fused-ring (bicyclic) bond motifs is 1. The van der Waals surface area contributed by atoms with Gasteiger partial charge in [0.05, 0.1) is 30.7 Å². The summed E-state index contributed by atoms with van der Waals surface area (Å²) in [6.07, 6.45) is 1.42. The summed E-state index contributed by atoms with van der Waals surface area (Å²) in [4.78, 5) is 16.4. The summed E-state index contributed by atoms with van der Waals surface area (Å²) < 4.78 is 11.0. The Morgan fingerprint density at radius 2 is 1.96 bits per heavy atom. The Balaban J connectivity index is 1.75. The molecule has 0 aliphatic heterocycles. The Labute approximate surface area is 152 Å². The number of nitrogens with two attached hydrogens (primary N) is 1. The molecular formula is C17H16N4O4S. The lowest BCUT2D eigenvalue weighted by Crippen LogP contribution is -2.17. The molecule has 1 amide bonds. The molecule has 26 heavy (non-hydrogen) atoms. The monoisotopic (exact) mass is 372 g/mol. The van der Waals surface area contributed by atoms with Gasteiger partial charge in [-0.2, -0.15) is 5.10 Å². The van der Waals surface area contributed by atoms with Gasteiger partial charge in [-0.25, -0.2) is 10.4 Å². The zero-order valence-corrected chi connectivity index (χ0v) is 14.8. The minimum atomic E-state index is -0.368. The van der Waals surface area contributed by atoms with Crippen molar-refractivity contribution in [3.05, 3.63) is 41.5 Å². The Hall–Kier alpha value is -3.33. The minimum Gasteiger partial charge on any atom is -0.502 e. The molecule has 134 valence electrons. The number of nitrogens with one attached hydrogen (secondary N) is 1. The summed E-state index contributed by atoms with van der Waals surface area (Å²) in [6.45, 7) is 0. The predicted molar refractivity (Wildman–Crippen MR) is 100 cm³/mol. The lowest BCUT2D eigenvalue weighted by atomic mass is 10.2. The number of thiazole rings is 1. The Morgan fingerprint density at radius 3 is 2.62 bits per heavy atom. The van der Waals surface area contributed by atoms with Crippen molar-refractivity contribution in [2.45, 2.75) is 0 Å². The van der Waals surface area contributed by atoms with E-state index in [0.717, 1.165) is 10.2 Å². The van der Waals surface area contributed by atoms with Crippen molar-refractivity contribution in [1.29, 1.82) is 0 Å². The quantitative estimate of drug-likeness (QED) is 0.467. The van der Waals surface area contributed by atoms with E-state index in [0.29, 0.717) is 16.3 Å². The predicted octanol–water partition coefficient (Wildman–Crippen LogP) is 2.37. The van der Waals surface area contributed by atoms with E-state index in [9.17, 15) is 9.90 Å². The van der Waals surface area contributed by atoms with E-state index in [1.807, 2.05) is 0 Å². The largest absolute Gasteiger partial charge is 0.502 e. The second kappa shape index (κ2) is 7.28. The number of phenolic OH excluding ortho intramolecular Hbond substituents is 1. The molecule has 9 heteroatoms. The van der Waals surface area contributed by atoms with Crippen LogP contribution >= 0.6 is 11.3 Å². The number of anilines is 1. The second-order valence-electron chi connectivity index (χ2n) is 5.21. The molecule has 8 nitrogen and oxygen atoms in total. The highest BCUT2D eigenvalue weighted by Gasteiger charge is 2.11. The maximum absolute atomic E-state index is 12.2. The van der Waals surface area contributed by atoms with Gasteiger partial charge in [0.25, 0.3) is 5.91 Å². The first-order chi connectivity index (χ1) is 12.5. The van der Waals surface area contributed by atoms with Crippen LogP contribution in [0.4, 0.5) is 5.13 Å². The third-order valence-electron chi connectivity index (χ3n) is 3.55. The molecule has 0 radical (unpaired) electrons. The first-order valence-corrected chi connectivity index (χ1v) is 8.28. The number of aromatic nitrogens is 1. The van der Waals surface area contributed by atoms with E-state index < -0.39 is 0 Å². The summed E-state index contributed by atoms with van der Waals surface area (Å²) >= 11 is 1.31. The summed E-state index contributed by atoms with van der Waals surface area (Å²) in [5.41, 5.74) is 9.89. The number of hydrogen-bond donors (Lipinski definition) is 3. The lowest BCUT2D eigenvalue weighted by Gasteiger charge is -2.09. The fourth-order valence-corrected chi connectivity index (χ4v) is 3.08. The number of carbonyl (C=O) groups excluding carboxylic acids is 1. The number of rotatable bonds is 5. The molecule has 0 unspecified atom stereocenters. The van der Waals surface area contributed by atoms with Gasteiger partial charge in [-0.15, -0.1) is 0 Å². The lowest BCUT2D eigenvalue weighted by molar-refractivity contribution is 0.0955. The normalized spacial score (nSPS) is 11.0. The summed E-state index contributed by atoms with van der Waals surface area (Å²) in [5.74, 6) is 0.0110. The maximum atomic E-state index is 12.2. The molecule has 0 bridgehead atoms. The summed E-state index contributed by atoms with van der Waals surface area (Å²) in [6, 6.07) is 8.23. The molecule has 0 aliphatic carbocycles. The molecule has 1 heterocycles. The van der Waals surface area contributed by atoms with Crippen LogP contribution in [-0.4, -0.2) is 36.4 Å². The van der Waals surface area contributed by atoms with Crippen molar-refractivity contribution >= 4 is 38.8 Å².